The molecule has 0 aliphatic heterocycles. The van der Waals surface area contributed by atoms with Crippen molar-refractivity contribution < 1.29 is 18.9 Å². The summed E-state index contributed by atoms with van der Waals surface area (Å²) < 4.78 is 22.0. The Hall–Kier alpha value is -2.86. The molecule has 0 unspecified atom stereocenters. The molecular weight excluding hydrogens is 320 g/mol. The molecule has 0 N–H and O–H groups in total. The van der Waals surface area contributed by atoms with Gasteiger partial charge < -0.3 is 18.9 Å². The summed E-state index contributed by atoms with van der Waals surface area (Å²) in [5.74, 6) is 2.09. The highest BCUT2D eigenvalue weighted by atomic mass is 16.5. The normalized spacial score (nSPS) is 10.6. The van der Waals surface area contributed by atoms with Gasteiger partial charge in [0, 0.05) is 6.07 Å². The Kier molecular flexibility index (Phi) is 6.01. The lowest BCUT2D eigenvalue weighted by Gasteiger charge is -2.09. The van der Waals surface area contributed by atoms with E-state index in [0.717, 1.165) is 22.4 Å². The zero-order valence-corrected chi connectivity index (χ0v) is 14.1. The fourth-order valence-corrected chi connectivity index (χ4v) is 2.30. The molecule has 130 valence electrons. The van der Waals surface area contributed by atoms with E-state index in [1.165, 1.54) is 6.33 Å². The SMILES string of the molecule is COc1cccc(OCCOCCOc2ncnc3ccccc23)c1. The fourth-order valence-electron chi connectivity index (χ4n) is 2.30. The van der Waals surface area contributed by atoms with Gasteiger partial charge in [0.15, 0.2) is 0 Å². The number of para-hydroxylation sites is 1. The Balaban J connectivity index is 1.36. The summed E-state index contributed by atoms with van der Waals surface area (Å²) in [6.07, 6.45) is 1.50. The highest BCUT2D eigenvalue weighted by molar-refractivity contribution is 5.82. The minimum atomic E-state index is 0.417. The van der Waals surface area contributed by atoms with Gasteiger partial charge in [-0.05, 0) is 24.3 Å². The fraction of sp³-hybridized carbons (Fsp3) is 0.263. The molecule has 6 nitrogen and oxygen atoms in total. The van der Waals surface area contributed by atoms with Crippen molar-refractivity contribution in [3.05, 3.63) is 54.9 Å². The maximum atomic E-state index is 5.68. The first-order valence-corrected chi connectivity index (χ1v) is 8.04. The number of nitrogens with zero attached hydrogens (tertiary/aromatic N) is 2. The van der Waals surface area contributed by atoms with Crippen molar-refractivity contribution in [3.8, 4) is 17.4 Å². The maximum absolute atomic E-state index is 5.68. The zero-order valence-electron chi connectivity index (χ0n) is 14.1. The van der Waals surface area contributed by atoms with Crippen LogP contribution in [0.5, 0.6) is 17.4 Å². The van der Waals surface area contributed by atoms with Crippen LogP contribution >= 0.6 is 0 Å². The molecule has 0 bridgehead atoms. The number of aromatic nitrogens is 2. The second-order valence-corrected chi connectivity index (χ2v) is 5.18. The van der Waals surface area contributed by atoms with E-state index in [4.69, 9.17) is 18.9 Å². The van der Waals surface area contributed by atoms with Gasteiger partial charge in [0.1, 0.15) is 31.0 Å². The third-order valence-corrected chi connectivity index (χ3v) is 3.51. The van der Waals surface area contributed by atoms with E-state index in [9.17, 15) is 0 Å². The Morgan fingerprint density at radius 1 is 0.800 bits per heavy atom. The van der Waals surface area contributed by atoms with E-state index in [1.54, 1.807) is 7.11 Å². The Bertz CT molecular complexity index is 805. The van der Waals surface area contributed by atoms with Crippen molar-refractivity contribution in [1.29, 1.82) is 0 Å². The average Bonchev–Trinajstić information content (AvgIpc) is 2.67. The van der Waals surface area contributed by atoms with Gasteiger partial charge in [-0.3, -0.25) is 0 Å². The minimum Gasteiger partial charge on any atom is -0.497 e. The highest BCUT2D eigenvalue weighted by Gasteiger charge is 2.03. The number of fused-ring (bicyclic) bond motifs is 1. The summed E-state index contributed by atoms with van der Waals surface area (Å²) in [6.45, 7) is 1.81. The zero-order chi connectivity index (χ0) is 17.3. The molecule has 0 amide bonds. The first-order valence-electron chi connectivity index (χ1n) is 8.04. The van der Waals surface area contributed by atoms with Crippen molar-refractivity contribution in [3.63, 3.8) is 0 Å². The molecular formula is C19H20N2O4. The Labute approximate surface area is 146 Å². The van der Waals surface area contributed by atoms with Crippen LogP contribution in [0.3, 0.4) is 0 Å². The van der Waals surface area contributed by atoms with Crippen molar-refractivity contribution in [1.82, 2.24) is 9.97 Å². The number of hydrogen-bond acceptors (Lipinski definition) is 6. The van der Waals surface area contributed by atoms with Gasteiger partial charge >= 0.3 is 0 Å². The maximum Gasteiger partial charge on any atom is 0.224 e. The van der Waals surface area contributed by atoms with Gasteiger partial charge in [-0.1, -0.05) is 18.2 Å². The van der Waals surface area contributed by atoms with Gasteiger partial charge in [-0.15, -0.1) is 0 Å². The largest absolute Gasteiger partial charge is 0.497 e. The molecule has 3 rings (SSSR count). The molecule has 0 spiro atoms. The van der Waals surface area contributed by atoms with Crippen LogP contribution in [0.1, 0.15) is 0 Å². The average molecular weight is 340 g/mol. The highest BCUT2D eigenvalue weighted by Crippen LogP contribution is 2.20. The number of hydrogen-bond donors (Lipinski definition) is 0. The van der Waals surface area contributed by atoms with Gasteiger partial charge in [0.25, 0.3) is 0 Å². The molecule has 0 saturated carbocycles. The Morgan fingerprint density at radius 3 is 2.48 bits per heavy atom. The second-order valence-electron chi connectivity index (χ2n) is 5.18. The quantitative estimate of drug-likeness (QED) is 0.558. The molecule has 0 aliphatic carbocycles. The van der Waals surface area contributed by atoms with Crippen LogP contribution in [0.2, 0.25) is 0 Å². The van der Waals surface area contributed by atoms with E-state index in [2.05, 4.69) is 9.97 Å². The second kappa shape index (κ2) is 8.84. The predicted octanol–water partition coefficient (Wildman–Crippen LogP) is 3.11. The van der Waals surface area contributed by atoms with Crippen LogP contribution < -0.4 is 14.2 Å². The molecule has 25 heavy (non-hydrogen) atoms. The van der Waals surface area contributed by atoms with Crippen LogP contribution in [0.4, 0.5) is 0 Å². The number of ether oxygens (including phenoxy) is 4. The summed E-state index contributed by atoms with van der Waals surface area (Å²) in [4.78, 5) is 8.38. The molecule has 2 aromatic carbocycles. The minimum absolute atomic E-state index is 0.417. The molecule has 0 atom stereocenters. The monoisotopic (exact) mass is 340 g/mol. The van der Waals surface area contributed by atoms with Gasteiger partial charge in [0.2, 0.25) is 5.88 Å². The van der Waals surface area contributed by atoms with E-state index in [-0.39, 0.29) is 0 Å². The van der Waals surface area contributed by atoms with Crippen molar-refractivity contribution in [2.45, 2.75) is 0 Å². The number of rotatable bonds is 9. The van der Waals surface area contributed by atoms with Crippen LogP contribution in [0.15, 0.2) is 54.9 Å². The van der Waals surface area contributed by atoms with Crippen LogP contribution in [-0.4, -0.2) is 43.5 Å². The predicted molar refractivity (Wildman–Crippen MR) is 94.3 cm³/mol. The molecule has 1 heterocycles. The molecule has 0 radical (unpaired) electrons. The van der Waals surface area contributed by atoms with E-state index >= 15 is 0 Å². The van der Waals surface area contributed by atoms with E-state index < -0.39 is 0 Å². The van der Waals surface area contributed by atoms with Crippen molar-refractivity contribution in [2.24, 2.45) is 0 Å². The summed E-state index contributed by atoms with van der Waals surface area (Å²) in [5, 5.41) is 0.895. The Morgan fingerprint density at radius 2 is 1.60 bits per heavy atom. The van der Waals surface area contributed by atoms with Gasteiger partial charge in [-0.2, -0.15) is 0 Å². The molecule has 0 saturated heterocycles. The summed E-state index contributed by atoms with van der Waals surface area (Å²) >= 11 is 0. The van der Waals surface area contributed by atoms with Crippen LogP contribution in [0, 0.1) is 0 Å². The van der Waals surface area contributed by atoms with E-state index in [1.807, 2.05) is 48.5 Å². The molecule has 0 fully saturated rings. The molecule has 6 heteroatoms. The first-order chi connectivity index (χ1) is 12.4. The number of methoxy groups -OCH3 is 1. The summed E-state index contributed by atoms with van der Waals surface area (Å²) in [7, 11) is 1.63. The molecule has 1 aromatic heterocycles. The molecule has 0 aliphatic rings. The third kappa shape index (κ3) is 4.81. The molecule has 3 aromatic rings. The van der Waals surface area contributed by atoms with Crippen molar-refractivity contribution in [2.75, 3.05) is 33.5 Å². The summed E-state index contributed by atoms with van der Waals surface area (Å²) in [5.41, 5.74) is 0.861. The number of benzene rings is 2. The van der Waals surface area contributed by atoms with Gasteiger partial charge in [0.05, 0.1) is 31.2 Å². The summed E-state index contributed by atoms with van der Waals surface area (Å²) in [6, 6.07) is 15.2. The van der Waals surface area contributed by atoms with E-state index in [0.29, 0.717) is 32.3 Å². The lowest BCUT2D eigenvalue weighted by Crippen LogP contribution is -2.12. The smallest absolute Gasteiger partial charge is 0.224 e. The van der Waals surface area contributed by atoms with Crippen molar-refractivity contribution >= 4 is 10.9 Å². The topological polar surface area (TPSA) is 62.7 Å². The van der Waals surface area contributed by atoms with Crippen LogP contribution in [-0.2, 0) is 4.74 Å². The van der Waals surface area contributed by atoms with Gasteiger partial charge in [-0.25, -0.2) is 9.97 Å². The third-order valence-electron chi connectivity index (χ3n) is 3.51. The first kappa shape index (κ1) is 17.0. The van der Waals surface area contributed by atoms with Crippen LogP contribution in [0.25, 0.3) is 10.9 Å². The lowest BCUT2D eigenvalue weighted by molar-refractivity contribution is 0.0756. The standard InChI is InChI=1S/C19H20N2O4/c1-22-15-5-4-6-16(13-15)24-11-9-23-10-12-25-19-17-7-2-3-8-18(17)20-14-21-19/h2-8,13-14H,9-12H2,1H3. The lowest BCUT2D eigenvalue weighted by atomic mass is 10.2.